The number of nitrogens with one attached hydrogen (secondary N) is 1. The first-order valence-electron chi connectivity index (χ1n) is 5.65. The monoisotopic (exact) mass is 358 g/mol. The summed E-state index contributed by atoms with van der Waals surface area (Å²) in [6, 6.07) is 4.99. The smallest absolute Gasteiger partial charge is 0.251 e. The number of aromatic nitrogens is 1. The van der Waals surface area contributed by atoms with Gasteiger partial charge in [-0.05, 0) is 48.0 Å². The lowest BCUT2D eigenvalue weighted by Gasteiger charge is -2.11. The molecular formula is C13H12BrClN2OS. The number of carbonyl (C=O) groups is 1. The first-order chi connectivity index (χ1) is 8.97. The number of hydrogen-bond donors (Lipinski definition) is 1. The first-order valence-corrected chi connectivity index (χ1v) is 7.70. The molecule has 0 bridgehead atoms. The number of rotatable bonds is 3. The van der Waals surface area contributed by atoms with Crippen LogP contribution in [0.1, 0.15) is 34.0 Å². The summed E-state index contributed by atoms with van der Waals surface area (Å²) >= 11 is 10.8. The molecule has 0 saturated carbocycles. The van der Waals surface area contributed by atoms with Crippen molar-refractivity contribution in [1.82, 2.24) is 10.3 Å². The van der Waals surface area contributed by atoms with Crippen LogP contribution in [-0.2, 0) is 0 Å². The van der Waals surface area contributed by atoms with Crippen LogP contribution in [0, 0.1) is 6.92 Å². The number of halogens is 2. The predicted octanol–water partition coefficient (Wildman–Crippen LogP) is 4.36. The van der Waals surface area contributed by atoms with E-state index in [1.165, 1.54) is 0 Å². The third kappa shape index (κ3) is 3.55. The van der Waals surface area contributed by atoms with Crippen LogP contribution in [0.2, 0.25) is 5.02 Å². The molecule has 3 nitrogen and oxygen atoms in total. The molecule has 0 fully saturated rings. The number of benzene rings is 1. The second kappa shape index (κ2) is 6.03. The van der Waals surface area contributed by atoms with E-state index < -0.39 is 0 Å². The molecule has 1 N–H and O–H groups in total. The van der Waals surface area contributed by atoms with E-state index in [2.05, 4.69) is 26.2 Å². The minimum atomic E-state index is -0.141. The van der Waals surface area contributed by atoms with Crippen LogP contribution in [0.25, 0.3) is 0 Å². The Labute approximate surface area is 129 Å². The Bertz CT molecular complexity index is 614. The van der Waals surface area contributed by atoms with E-state index in [4.69, 9.17) is 11.6 Å². The Morgan fingerprint density at radius 2 is 2.26 bits per heavy atom. The molecule has 1 amide bonds. The zero-order valence-corrected chi connectivity index (χ0v) is 13.6. The lowest BCUT2D eigenvalue weighted by atomic mass is 10.2. The summed E-state index contributed by atoms with van der Waals surface area (Å²) in [4.78, 5) is 16.5. The summed E-state index contributed by atoms with van der Waals surface area (Å²) in [5.74, 6) is -0.141. The van der Waals surface area contributed by atoms with Crippen LogP contribution in [0.15, 0.2) is 28.1 Å². The van der Waals surface area contributed by atoms with Crippen molar-refractivity contribution >= 4 is 44.8 Å². The minimum Gasteiger partial charge on any atom is -0.343 e. The molecule has 0 saturated heterocycles. The van der Waals surface area contributed by atoms with E-state index in [9.17, 15) is 4.79 Å². The maximum absolute atomic E-state index is 12.1. The highest BCUT2D eigenvalue weighted by Crippen LogP contribution is 2.24. The standard InChI is InChI=1S/C13H12BrClN2OS/c1-7-6-19-13(16-7)8(2)17-12(18)9-3-4-11(15)10(14)5-9/h3-6,8H,1-2H3,(H,17,18). The average molecular weight is 360 g/mol. The molecule has 6 heteroatoms. The van der Waals surface area contributed by atoms with Gasteiger partial charge in [-0.25, -0.2) is 4.98 Å². The molecule has 0 aliphatic carbocycles. The highest BCUT2D eigenvalue weighted by Gasteiger charge is 2.14. The van der Waals surface area contributed by atoms with Crippen molar-refractivity contribution in [3.8, 4) is 0 Å². The largest absolute Gasteiger partial charge is 0.343 e. The molecule has 0 aliphatic heterocycles. The van der Waals surface area contributed by atoms with Gasteiger partial charge in [-0.1, -0.05) is 11.6 Å². The minimum absolute atomic E-state index is 0.111. The van der Waals surface area contributed by atoms with Gasteiger partial charge in [0, 0.05) is 21.1 Å². The highest BCUT2D eigenvalue weighted by atomic mass is 79.9. The van der Waals surface area contributed by atoms with Gasteiger partial charge in [0.1, 0.15) is 5.01 Å². The van der Waals surface area contributed by atoms with Gasteiger partial charge in [-0.3, -0.25) is 4.79 Å². The van der Waals surface area contributed by atoms with Crippen LogP contribution < -0.4 is 5.32 Å². The molecule has 1 aromatic heterocycles. The molecule has 1 unspecified atom stereocenters. The summed E-state index contributed by atoms with van der Waals surface area (Å²) in [5.41, 5.74) is 1.53. The second-order valence-electron chi connectivity index (χ2n) is 4.15. The number of aryl methyl sites for hydroxylation is 1. The zero-order chi connectivity index (χ0) is 14.0. The Balaban J connectivity index is 2.10. The lowest BCUT2D eigenvalue weighted by molar-refractivity contribution is 0.0939. The van der Waals surface area contributed by atoms with E-state index in [-0.39, 0.29) is 11.9 Å². The zero-order valence-electron chi connectivity index (χ0n) is 10.4. The van der Waals surface area contributed by atoms with E-state index in [0.29, 0.717) is 15.1 Å². The Kier molecular flexibility index (Phi) is 4.60. The molecule has 2 aromatic rings. The van der Waals surface area contributed by atoms with E-state index in [1.807, 2.05) is 19.2 Å². The number of nitrogens with zero attached hydrogens (tertiary/aromatic N) is 1. The van der Waals surface area contributed by atoms with Crippen molar-refractivity contribution in [2.24, 2.45) is 0 Å². The van der Waals surface area contributed by atoms with Gasteiger partial charge in [0.2, 0.25) is 0 Å². The molecular weight excluding hydrogens is 348 g/mol. The molecule has 1 atom stereocenters. The summed E-state index contributed by atoms with van der Waals surface area (Å²) in [7, 11) is 0. The Hall–Kier alpha value is -0.910. The topological polar surface area (TPSA) is 42.0 Å². The van der Waals surface area contributed by atoms with Gasteiger partial charge in [-0.2, -0.15) is 0 Å². The van der Waals surface area contributed by atoms with Crippen LogP contribution >= 0.6 is 38.9 Å². The van der Waals surface area contributed by atoms with Gasteiger partial charge in [-0.15, -0.1) is 11.3 Å². The quantitative estimate of drug-likeness (QED) is 0.885. The maximum atomic E-state index is 12.1. The van der Waals surface area contributed by atoms with Gasteiger partial charge >= 0.3 is 0 Å². The molecule has 0 aliphatic rings. The molecule has 1 aromatic carbocycles. The molecule has 1 heterocycles. The third-order valence-electron chi connectivity index (χ3n) is 2.54. The van der Waals surface area contributed by atoms with Crippen molar-refractivity contribution < 1.29 is 4.79 Å². The maximum Gasteiger partial charge on any atom is 0.251 e. The second-order valence-corrected chi connectivity index (χ2v) is 6.30. The van der Waals surface area contributed by atoms with E-state index in [1.54, 1.807) is 29.5 Å². The molecule has 0 radical (unpaired) electrons. The van der Waals surface area contributed by atoms with Crippen molar-refractivity contribution in [2.75, 3.05) is 0 Å². The summed E-state index contributed by atoms with van der Waals surface area (Å²) in [6.45, 7) is 3.85. The van der Waals surface area contributed by atoms with Crippen LogP contribution in [-0.4, -0.2) is 10.9 Å². The van der Waals surface area contributed by atoms with Gasteiger partial charge in [0.15, 0.2) is 0 Å². The van der Waals surface area contributed by atoms with Crippen LogP contribution in [0.3, 0.4) is 0 Å². The number of hydrogen-bond acceptors (Lipinski definition) is 3. The van der Waals surface area contributed by atoms with Gasteiger partial charge in [0.25, 0.3) is 5.91 Å². The van der Waals surface area contributed by atoms with Crippen molar-refractivity contribution in [3.05, 3.63) is 49.3 Å². The van der Waals surface area contributed by atoms with Gasteiger partial charge in [0.05, 0.1) is 11.1 Å². The number of thiazole rings is 1. The SMILES string of the molecule is Cc1csc(C(C)NC(=O)c2ccc(Cl)c(Br)c2)n1. The van der Waals surface area contributed by atoms with Crippen molar-refractivity contribution in [3.63, 3.8) is 0 Å². The lowest BCUT2D eigenvalue weighted by Crippen LogP contribution is -2.26. The van der Waals surface area contributed by atoms with E-state index in [0.717, 1.165) is 10.7 Å². The summed E-state index contributed by atoms with van der Waals surface area (Å²) in [6.07, 6.45) is 0. The number of amides is 1. The fourth-order valence-electron chi connectivity index (χ4n) is 1.55. The highest BCUT2D eigenvalue weighted by molar-refractivity contribution is 9.10. The fraction of sp³-hybridized carbons (Fsp3) is 0.231. The molecule has 100 valence electrons. The summed E-state index contributed by atoms with van der Waals surface area (Å²) < 4.78 is 0.708. The first kappa shape index (κ1) is 14.5. The summed E-state index contributed by atoms with van der Waals surface area (Å²) in [5, 5.41) is 6.37. The van der Waals surface area contributed by atoms with Crippen molar-refractivity contribution in [2.45, 2.75) is 19.9 Å². The molecule has 2 rings (SSSR count). The average Bonchev–Trinajstić information content (AvgIpc) is 2.79. The van der Waals surface area contributed by atoms with Gasteiger partial charge < -0.3 is 5.32 Å². The Morgan fingerprint density at radius 1 is 1.53 bits per heavy atom. The fourth-order valence-corrected chi connectivity index (χ4v) is 2.85. The predicted molar refractivity (Wildman–Crippen MR) is 81.9 cm³/mol. The molecule has 19 heavy (non-hydrogen) atoms. The Morgan fingerprint density at radius 3 is 2.84 bits per heavy atom. The molecule has 0 spiro atoms. The third-order valence-corrected chi connectivity index (χ3v) is 4.90. The van der Waals surface area contributed by atoms with E-state index >= 15 is 0 Å². The van der Waals surface area contributed by atoms with Crippen molar-refractivity contribution in [1.29, 1.82) is 0 Å². The van der Waals surface area contributed by atoms with Crippen LogP contribution in [0.4, 0.5) is 0 Å². The van der Waals surface area contributed by atoms with Crippen LogP contribution in [0.5, 0.6) is 0 Å². The number of carbonyl (C=O) groups excluding carboxylic acids is 1. The normalized spacial score (nSPS) is 12.2.